The maximum atomic E-state index is 11.2. The normalized spacial score (nSPS) is 23.7. The molecule has 0 aromatic heterocycles. The third-order valence-corrected chi connectivity index (χ3v) is 5.04. The fraction of sp³-hybridized carbons (Fsp3) is 0.600. The van der Waals surface area contributed by atoms with Crippen molar-refractivity contribution < 1.29 is 8.42 Å². The minimum Gasteiger partial charge on any atom is -0.321 e. The molecule has 0 heterocycles. The molecule has 1 aromatic carbocycles. The maximum Gasteiger partial charge on any atom is 0.147 e. The van der Waals surface area contributed by atoms with Crippen LogP contribution in [0.25, 0.3) is 0 Å². The standard InChI is InChI=1S/C15H23NO2S/c1-19(17,18)12-6-11-15(16)10-5-4-8-13-7-2-3-9-14(13)15/h2-3,7,9H,4-6,8,10-12,16H2,1H3. The van der Waals surface area contributed by atoms with Crippen LogP contribution in [0.5, 0.6) is 0 Å². The predicted molar refractivity (Wildman–Crippen MR) is 78.8 cm³/mol. The van der Waals surface area contributed by atoms with Crippen molar-refractivity contribution in [2.75, 3.05) is 12.0 Å². The summed E-state index contributed by atoms with van der Waals surface area (Å²) in [7, 11) is -2.89. The fourth-order valence-electron chi connectivity index (χ4n) is 3.02. The Morgan fingerprint density at radius 3 is 2.74 bits per heavy atom. The van der Waals surface area contributed by atoms with E-state index in [0.717, 1.165) is 25.7 Å². The van der Waals surface area contributed by atoms with Crippen molar-refractivity contribution >= 4 is 9.84 Å². The number of rotatable bonds is 4. The van der Waals surface area contributed by atoms with E-state index in [9.17, 15) is 8.42 Å². The van der Waals surface area contributed by atoms with Gasteiger partial charge in [0.15, 0.2) is 0 Å². The number of aryl methyl sites for hydroxylation is 1. The smallest absolute Gasteiger partial charge is 0.147 e. The number of hydrogen-bond donors (Lipinski definition) is 1. The molecule has 0 fully saturated rings. The molecule has 0 radical (unpaired) electrons. The van der Waals surface area contributed by atoms with E-state index >= 15 is 0 Å². The SMILES string of the molecule is CS(=O)(=O)CCCC1(N)CCCCc2ccccc21. The molecule has 0 spiro atoms. The Bertz CT molecular complexity index is 539. The highest BCUT2D eigenvalue weighted by molar-refractivity contribution is 7.90. The van der Waals surface area contributed by atoms with Crippen LogP contribution in [0.1, 0.15) is 43.2 Å². The molecule has 19 heavy (non-hydrogen) atoms. The van der Waals surface area contributed by atoms with E-state index in [1.54, 1.807) is 0 Å². The maximum absolute atomic E-state index is 11.2. The molecule has 0 saturated carbocycles. The van der Waals surface area contributed by atoms with Gasteiger partial charge in [0.25, 0.3) is 0 Å². The van der Waals surface area contributed by atoms with Crippen LogP contribution in [-0.4, -0.2) is 20.4 Å². The highest BCUT2D eigenvalue weighted by Gasteiger charge is 2.30. The van der Waals surface area contributed by atoms with Gasteiger partial charge in [0.05, 0.1) is 0 Å². The summed E-state index contributed by atoms with van der Waals surface area (Å²) in [5.41, 5.74) is 8.81. The van der Waals surface area contributed by atoms with Crippen LogP contribution in [0.4, 0.5) is 0 Å². The lowest BCUT2D eigenvalue weighted by molar-refractivity contribution is 0.368. The van der Waals surface area contributed by atoms with E-state index in [1.165, 1.54) is 23.8 Å². The van der Waals surface area contributed by atoms with Gasteiger partial charge >= 0.3 is 0 Å². The Kier molecular flexibility index (Phi) is 4.31. The van der Waals surface area contributed by atoms with Gasteiger partial charge in [-0.25, -0.2) is 8.42 Å². The van der Waals surface area contributed by atoms with Crippen molar-refractivity contribution in [1.82, 2.24) is 0 Å². The van der Waals surface area contributed by atoms with Gasteiger partial charge in [-0.1, -0.05) is 30.7 Å². The highest BCUT2D eigenvalue weighted by atomic mass is 32.2. The van der Waals surface area contributed by atoms with E-state index in [-0.39, 0.29) is 11.3 Å². The molecule has 1 aliphatic rings. The zero-order chi connectivity index (χ0) is 13.9. The van der Waals surface area contributed by atoms with Crippen LogP contribution >= 0.6 is 0 Å². The van der Waals surface area contributed by atoms with Gasteiger partial charge in [0.2, 0.25) is 0 Å². The largest absolute Gasteiger partial charge is 0.321 e. The van der Waals surface area contributed by atoms with Crippen LogP contribution < -0.4 is 5.73 Å². The molecule has 1 aliphatic carbocycles. The first-order valence-corrected chi connectivity index (χ1v) is 9.02. The Morgan fingerprint density at radius 1 is 1.26 bits per heavy atom. The summed E-state index contributed by atoms with van der Waals surface area (Å²) in [6.07, 6.45) is 7.00. The molecule has 0 amide bonds. The fourth-order valence-corrected chi connectivity index (χ4v) is 3.69. The Balaban J connectivity index is 2.17. The summed E-state index contributed by atoms with van der Waals surface area (Å²) in [6.45, 7) is 0. The molecular formula is C15H23NO2S. The topological polar surface area (TPSA) is 60.2 Å². The molecule has 0 aliphatic heterocycles. The summed E-state index contributed by atoms with van der Waals surface area (Å²) >= 11 is 0. The number of sulfone groups is 1. The lowest BCUT2D eigenvalue weighted by atomic mass is 9.82. The summed E-state index contributed by atoms with van der Waals surface area (Å²) in [4.78, 5) is 0. The molecule has 1 unspecified atom stereocenters. The summed E-state index contributed by atoms with van der Waals surface area (Å²) in [5, 5.41) is 0. The van der Waals surface area contributed by atoms with Gasteiger partial charge in [0, 0.05) is 17.5 Å². The van der Waals surface area contributed by atoms with Crippen molar-refractivity contribution in [3.8, 4) is 0 Å². The second-order valence-electron chi connectivity index (χ2n) is 5.75. The first-order chi connectivity index (χ1) is 8.91. The molecule has 1 aromatic rings. The third-order valence-electron chi connectivity index (χ3n) is 4.01. The highest BCUT2D eigenvalue weighted by Crippen LogP contribution is 2.35. The van der Waals surface area contributed by atoms with Crippen LogP contribution in [0.2, 0.25) is 0 Å². The monoisotopic (exact) mass is 281 g/mol. The van der Waals surface area contributed by atoms with E-state index in [1.807, 2.05) is 6.07 Å². The number of hydrogen-bond acceptors (Lipinski definition) is 3. The van der Waals surface area contributed by atoms with Gasteiger partial charge in [0.1, 0.15) is 9.84 Å². The van der Waals surface area contributed by atoms with Crippen molar-refractivity contribution in [2.24, 2.45) is 5.73 Å². The van der Waals surface area contributed by atoms with Gasteiger partial charge < -0.3 is 5.73 Å². The second-order valence-corrected chi connectivity index (χ2v) is 8.01. The van der Waals surface area contributed by atoms with Crippen molar-refractivity contribution in [2.45, 2.75) is 44.1 Å². The second kappa shape index (κ2) is 5.63. The Hall–Kier alpha value is -0.870. The lowest BCUT2D eigenvalue weighted by Gasteiger charge is -2.30. The molecule has 1 atom stereocenters. The van der Waals surface area contributed by atoms with Crippen LogP contribution in [0.3, 0.4) is 0 Å². The molecule has 3 nitrogen and oxygen atoms in total. The molecule has 2 N–H and O–H groups in total. The van der Waals surface area contributed by atoms with Gasteiger partial charge in [-0.3, -0.25) is 0 Å². The third kappa shape index (κ3) is 3.80. The lowest BCUT2D eigenvalue weighted by Crippen LogP contribution is -2.37. The van der Waals surface area contributed by atoms with E-state index in [0.29, 0.717) is 6.42 Å². The first-order valence-electron chi connectivity index (χ1n) is 6.96. The minimum atomic E-state index is -2.89. The average molecular weight is 281 g/mol. The van der Waals surface area contributed by atoms with Crippen molar-refractivity contribution in [1.29, 1.82) is 0 Å². The van der Waals surface area contributed by atoms with Crippen LogP contribution in [0.15, 0.2) is 24.3 Å². The molecule has 0 saturated heterocycles. The zero-order valence-electron chi connectivity index (χ0n) is 11.6. The minimum absolute atomic E-state index is 0.230. The Labute approximate surface area is 116 Å². The first kappa shape index (κ1) is 14.5. The Morgan fingerprint density at radius 2 is 2.00 bits per heavy atom. The van der Waals surface area contributed by atoms with Gasteiger partial charge in [-0.05, 0) is 43.2 Å². The predicted octanol–water partition coefficient (Wildman–Crippen LogP) is 2.39. The van der Waals surface area contributed by atoms with Crippen LogP contribution in [0, 0.1) is 0 Å². The summed E-state index contributed by atoms with van der Waals surface area (Å²) < 4.78 is 22.5. The molecule has 4 heteroatoms. The summed E-state index contributed by atoms with van der Waals surface area (Å²) in [5.74, 6) is 0.230. The van der Waals surface area contributed by atoms with E-state index in [2.05, 4.69) is 18.2 Å². The van der Waals surface area contributed by atoms with Crippen LogP contribution in [-0.2, 0) is 21.8 Å². The zero-order valence-corrected chi connectivity index (χ0v) is 12.4. The number of nitrogens with two attached hydrogens (primary N) is 1. The average Bonchev–Trinajstić information content (AvgIpc) is 2.49. The van der Waals surface area contributed by atoms with Gasteiger partial charge in [-0.2, -0.15) is 0 Å². The molecule has 106 valence electrons. The van der Waals surface area contributed by atoms with Gasteiger partial charge in [-0.15, -0.1) is 0 Å². The molecule has 0 bridgehead atoms. The number of fused-ring (bicyclic) bond motifs is 1. The van der Waals surface area contributed by atoms with E-state index in [4.69, 9.17) is 5.73 Å². The summed E-state index contributed by atoms with van der Waals surface area (Å²) in [6, 6.07) is 8.35. The quantitative estimate of drug-likeness (QED) is 0.862. The van der Waals surface area contributed by atoms with Crippen molar-refractivity contribution in [3.63, 3.8) is 0 Å². The molecular weight excluding hydrogens is 258 g/mol. The molecule has 2 rings (SSSR count). The van der Waals surface area contributed by atoms with E-state index < -0.39 is 9.84 Å². The van der Waals surface area contributed by atoms with Crippen molar-refractivity contribution in [3.05, 3.63) is 35.4 Å². The number of benzene rings is 1.